The molecule has 0 saturated carbocycles. The largest absolute Gasteiger partial charge is 0.265 e. The molecular weight excluding hydrogens is 514 g/mol. The number of rotatable bonds is 7. The molecular formula is C34H29N3O2S. The number of aryl methyl sites for hydroxylation is 1. The highest BCUT2D eigenvalue weighted by Gasteiger charge is 2.31. The maximum absolute atomic E-state index is 14.3. The molecule has 0 spiro atoms. The van der Waals surface area contributed by atoms with E-state index in [4.69, 9.17) is 5.10 Å². The van der Waals surface area contributed by atoms with Crippen molar-refractivity contribution in [2.45, 2.75) is 18.7 Å². The van der Waals surface area contributed by atoms with E-state index >= 15 is 0 Å². The topological polar surface area (TPSA) is 54.7 Å². The van der Waals surface area contributed by atoms with Crippen LogP contribution in [0, 0.1) is 6.92 Å². The highest BCUT2D eigenvalue weighted by Crippen LogP contribution is 2.41. The van der Waals surface area contributed by atoms with E-state index in [-0.39, 0.29) is 11.4 Å². The highest BCUT2D eigenvalue weighted by molar-refractivity contribution is 7.92. The fourth-order valence-electron chi connectivity index (χ4n) is 5.07. The van der Waals surface area contributed by atoms with Crippen molar-refractivity contribution < 1.29 is 8.42 Å². The molecule has 0 amide bonds. The van der Waals surface area contributed by atoms with Gasteiger partial charge >= 0.3 is 0 Å². The lowest BCUT2D eigenvalue weighted by atomic mass is 10.0. The second-order valence-corrected chi connectivity index (χ2v) is 11.6. The van der Waals surface area contributed by atoms with Crippen LogP contribution in [0.3, 0.4) is 0 Å². The van der Waals surface area contributed by atoms with Crippen LogP contribution < -0.4 is 4.31 Å². The van der Waals surface area contributed by atoms with E-state index in [1.165, 1.54) is 4.31 Å². The number of fused-ring (bicyclic) bond motifs is 3. The predicted molar refractivity (Wildman–Crippen MR) is 164 cm³/mol. The Balaban J connectivity index is 1.75. The van der Waals surface area contributed by atoms with Gasteiger partial charge < -0.3 is 0 Å². The van der Waals surface area contributed by atoms with Gasteiger partial charge in [0.05, 0.1) is 28.2 Å². The monoisotopic (exact) mass is 543 g/mol. The second-order valence-electron chi connectivity index (χ2n) is 9.73. The third-order valence-corrected chi connectivity index (χ3v) is 8.86. The van der Waals surface area contributed by atoms with Gasteiger partial charge in [-0.05, 0) is 43.0 Å². The van der Waals surface area contributed by atoms with Crippen LogP contribution in [0.5, 0.6) is 0 Å². The molecule has 6 rings (SSSR count). The van der Waals surface area contributed by atoms with Crippen LogP contribution >= 0.6 is 0 Å². The van der Waals surface area contributed by atoms with E-state index in [0.29, 0.717) is 5.82 Å². The van der Waals surface area contributed by atoms with Gasteiger partial charge in [0.25, 0.3) is 10.0 Å². The molecule has 0 aliphatic rings. The molecule has 0 N–H and O–H groups in total. The highest BCUT2D eigenvalue weighted by atomic mass is 32.2. The van der Waals surface area contributed by atoms with Crippen molar-refractivity contribution in [3.05, 3.63) is 133 Å². The van der Waals surface area contributed by atoms with E-state index in [9.17, 15) is 8.42 Å². The Hall–Kier alpha value is -4.68. The molecule has 5 nitrogen and oxygen atoms in total. The van der Waals surface area contributed by atoms with E-state index in [2.05, 4.69) is 18.2 Å². The van der Waals surface area contributed by atoms with E-state index in [1.54, 1.807) is 12.1 Å². The summed E-state index contributed by atoms with van der Waals surface area (Å²) in [4.78, 5) is 0.229. The van der Waals surface area contributed by atoms with Crippen LogP contribution in [0.1, 0.15) is 12.5 Å². The van der Waals surface area contributed by atoms with Crippen molar-refractivity contribution in [2.75, 3.05) is 10.8 Å². The van der Waals surface area contributed by atoms with Crippen LogP contribution in [0.2, 0.25) is 0 Å². The summed E-state index contributed by atoms with van der Waals surface area (Å²) in [5.41, 5.74) is 5.41. The van der Waals surface area contributed by atoms with Crippen molar-refractivity contribution in [2.24, 2.45) is 0 Å². The van der Waals surface area contributed by atoms with Gasteiger partial charge in [-0.2, -0.15) is 0 Å². The Labute approximate surface area is 234 Å². The van der Waals surface area contributed by atoms with Crippen molar-refractivity contribution >= 4 is 32.1 Å². The standard InChI is InChI=1S/C34H29N3O2S/c1-3-4-23-36(40(38,39)29-21-19-25(2)20-22-29)34-32(27-15-9-6-10-16-27)33-30-18-12-11-17-28(30)24-31(37(33)35-34)26-13-7-5-8-14-26/h3-22,24H,23H2,1-2H3/b4-3+. The molecule has 0 radical (unpaired) electrons. The number of anilines is 1. The first-order valence-electron chi connectivity index (χ1n) is 13.2. The van der Waals surface area contributed by atoms with Crippen LogP contribution in [0.4, 0.5) is 5.82 Å². The van der Waals surface area contributed by atoms with Gasteiger partial charge in [0.2, 0.25) is 0 Å². The summed E-state index contributed by atoms with van der Waals surface area (Å²) >= 11 is 0. The summed E-state index contributed by atoms with van der Waals surface area (Å²) in [5.74, 6) is 0.387. The Morgan fingerprint density at radius 1 is 0.800 bits per heavy atom. The van der Waals surface area contributed by atoms with Gasteiger partial charge in [-0.25, -0.2) is 17.2 Å². The van der Waals surface area contributed by atoms with Gasteiger partial charge in [-0.1, -0.05) is 115 Å². The third-order valence-electron chi connectivity index (χ3n) is 7.09. The Kier molecular flexibility index (Phi) is 6.70. The molecule has 0 saturated heterocycles. The van der Waals surface area contributed by atoms with Crippen molar-refractivity contribution in [3.63, 3.8) is 0 Å². The van der Waals surface area contributed by atoms with Gasteiger partial charge in [0.1, 0.15) is 0 Å². The number of hydrogen-bond acceptors (Lipinski definition) is 3. The third kappa shape index (κ3) is 4.46. The molecule has 0 bridgehead atoms. The summed E-state index contributed by atoms with van der Waals surface area (Å²) in [5, 5.41) is 7.16. The summed E-state index contributed by atoms with van der Waals surface area (Å²) < 4.78 is 31.9. The summed E-state index contributed by atoms with van der Waals surface area (Å²) in [6, 6.07) is 37.3. The van der Waals surface area contributed by atoms with Crippen LogP contribution in [-0.4, -0.2) is 24.6 Å². The molecule has 198 valence electrons. The minimum absolute atomic E-state index is 0.148. The number of aromatic nitrogens is 2. The zero-order chi connectivity index (χ0) is 27.7. The Morgan fingerprint density at radius 2 is 1.43 bits per heavy atom. The molecule has 0 atom stereocenters. The van der Waals surface area contributed by atoms with E-state index in [1.807, 2.05) is 115 Å². The fourth-order valence-corrected chi connectivity index (χ4v) is 6.45. The molecule has 2 heterocycles. The number of pyridine rings is 1. The maximum Gasteiger partial charge on any atom is 0.265 e. The normalized spacial score (nSPS) is 11.9. The molecule has 0 fully saturated rings. The maximum atomic E-state index is 14.3. The number of benzene rings is 4. The molecule has 0 aliphatic heterocycles. The number of nitrogens with zero attached hydrogens (tertiary/aromatic N) is 3. The average molecular weight is 544 g/mol. The minimum Gasteiger partial charge on any atom is -0.244 e. The second kappa shape index (κ2) is 10.5. The first-order chi connectivity index (χ1) is 19.5. The lowest BCUT2D eigenvalue weighted by Crippen LogP contribution is -2.32. The van der Waals surface area contributed by atoms with Crippen molar-refractivity contribution in [1.29, 1.82) is 0 Å². The molecule has 40 heavy (non-hydrogen) atoms. The lowest BCUT2D eigenvalue weighted by Gasteiger charge is -2.22. The molecule has 2 aromatic heterocycles. The average Bonchev–Trinajstić information content (AvgIpc) is 3.38. The summed E-state index contributed by atoms with van der Waals surface area (Å²) in [7, 11) is -3.95. The lowest BCUT2D eigenvalue weighted by molar-refractivity contribution is 0.592. The first kappa shape index (κ1) is 25.6. The molecule has 0 unspecified atom stereocenters. The zero-order valence-corrected chi connectivity index (χ0v) is 23.2. The van der Waals surface area contributed by atoms with Crippen LogP contribution in [0.25, 0.3) is 38.7 Å². The number of allylic oxidation sites excluding steroid dienone is 1. The quantitative estimate of drug-likeness (QED) is 0.192. The van der Waals surface area contributed by atoms with Gasteiger partial charge in [0.15, 0.2) is 5.82 Å². The smallest absolute Gasteiger partial charge is 0.244 e. The van der Waals surface area contributed by atoms with Crippen LogP contribution in [0.15, 0.2) is 132 Å². The SMILES string of the molecule is C/C=C/CN(c1nn2c(-c3ccccc3)cc3ccccc3c2c1-c1ccccc1)S(=O)(=O)c1ccc(C)cc1. The number of hydrogen-bond donors (Lipinski definition) is 0. The fraction of sp³-hybridized carbons (Fsp3) is 0.0882. The van der Waals surface area contributed by atoms with Gasteiger partial charge in [0, 0.05) is 10.9 Å². The van der Waals surface area contributed by atoms with E-state index < -0.39 is 10.0 Å². The molecule has 6 heteroatoms. The van der Waals surface area contributed by atoms with E-state index in [0.717, 1.165) is 44.2 Å². The zero-order valence-electron chi connectivity index (χ0n) is 22.4. The Bertz CT molecular complexity index is 1940. The molecule has 4 aromatic carbocycles. The Morgan fingerprint density at radius 3 is 2.10 bits per heavy atom. The summed E-state index contributed by atoms with van der Waals surface area (Å²) in [6.45, 7) is 3.98. The number of sulfonamides is 1. The van der Waals surface area contributed by atoms with Gasteiger partial charge in [-0.3, -0.25) is 0 Å². The summed E-state index contributed by atoms with van der Waals surface area (Å²) in [6.07, 6.45) is 3.71. The first-order valence-corrected chi connectivity index (χ1v) is 14.7. The molecule has 6 aromatic rings. The van der Waals surface area contributed by atoms with Crippen LogP contribution in [-0.2, 0) is 10.0 Å². The predicted octanol–water partition coefficient (Wildman–Crippen LogP) is 7.90. The van der Waals surface area contributed by atoms with Crippen molar-refractivity contribution in [3.8, 4) is 22.4 Å². The van der Waals surface area contributed by atoms with Gasteiger partial charge in [-0.15, -0.1) is 5.10 Å². The minimum atomic E-state index is -3.95. The molecule has 0 aliphatic carbocycles. The van der Waals surface area contributed by atoms with Crippen molar-refractivity contribution in [1.82, 2.24) is 9.61 Å².